The molecule has 0 saturated heterocycles. The van der Waals surface area contributed by atoms with E-state index in [1.165, 1.54) is 6.42 Å². The Labute approximate surface area is 82.8 Å². The van der Waals surface area contributed by atoms with Gasteiger partial charge in [0.15, 0.2) is 0 Å². The molecule has 2 nitrogen and oxygen atoms in total. The molecule has 2 atom stereocenters. The molecule has 0 aliphatic carbocycles. The maximum absolute atomic E-state index is 5.79. The highest BCUT2D eigenvalue weighted by Gasteiger charge is 2.08. The first kappa shape index (κ1) is 12.3. The Bertz CT molecular complexity index is 161. The fourth-order valence-electron chi connectivity index (χ4n) is 1.12. The van der Waals surface area contributed by atoms with E-state index < -0.39 is 0 Å². The second-order valence-electron chi connectivity index (χ2n) is 4.12. The number of hydrogen-bond acceptors (Lipinski definition) is 2. The van der Waals surface area contributed by atoms with Crippen LogP contribution in [0.4, 0.5) is 0 Å². The average molecular weight is 184 g/mol. The van der Waals surface area contributed by atoms with Crippen molar-refractivity contribution in [2.24, 2.45) is 17.6 Å². The van der Waals surface area contributed by atoms with E-state index in [9.17, 15) is 0 Å². The maximum Gasteiger partial charge on any atom is 0.0940 e. The highest BCUT2D eigenvalue weighted by atomic mass is 15.1. The third-order valence-electron chi connectivity index (χ3n) is 2.83. The molecule has 1 unspecified atom stereocenters. The second kappa shape index (κ2) is 5.90. The predicted molar refractivity (Wildman–Crippen MR) is 59.2 cm³/mol. The summed E-state index contributed by atoms with van der Waals surface area (Å²) in [7, 11) is 3.94. The van der Waals surface area contributed by atoms with Gasteiger partial charge in [0.2, 0.25) is 0 Å². The first-order valence-electron chi connectivity index (χ1n) is 5.12. The van der Waals surface area contributed by atoms with E-state index in [1.54, 1.807) is 0 Å². The lowest BCUT2D eigenvalue weighted by molar-refractivity contribution is 0.376. The minimum absolute atomic E-state index is 0.725. The van der Waals surface area contributed by atoms with Gasteiger partial charge in [0.1, 0.15) is 0 Å². The van der Waals surface area contributed by atoms with Crippen molar-refractivity contribution in [2.45, 2.75) is 33.6 Å². The number of nitrogens with zero attached hydrogens (tertiary/aromatic N) is 1. The van der Waals surface area contributed by atoms with E-state index >= 15 is 0 Å². The first-order chi connectivity index (χ1) is 5.99. The molecule has 0 aliphatic heterocycles. The van der Waals surface area contributed by atoms with Crippen LogP contribution in [0.1, 0.15) is 33.6 Å². The van der Waals surface area contributed by atoms with Crippen molar-refractivity contribution in [2.75, 3.05) is 14.1 Å². The molecule has 0 amide bonds. The van der Waals surface area contributed by atoms with E-state index in [0.29, 0.717) is 0 Å². The SMILES string of the molecule is CC[C@H](C)C(C)C/C=C(\N)N(C)C. The highest BCUT2D eigenvalue weighted by molar-refractivity contribution is 4.94. The standard InChI is InChI=1S/C11H24N2/c1-6-9(2)10(3)7-8-11(12)13(4)5/h8-10H,6-7,12H2,1-5H3/b11-8+/t9-,10?/m0/s1. The molecule has 2 N–H and O–H groups in total. The van der Waals surface area contributed by atoms with E-state index in [0.717, 1.165) is 24.1 Å². The van der Waals surface area contributed by atoms with Gasteiger partial charge in [-0.25, -0.2) is 0 Å². The van der Waals surface area contributed by atoms with E-state index in [-0.39, 0.29) is 0 Å². The fraction of sp³-hybridized carbons (Fsp3) is 0.818. The Kier molecular flexibility index (Phi) is 5.60. The molecular formula is C11H24N2. The van der Waals surface area contributed by atoms with Gasteiger partial charge in [-0.05, 0) is 24.3 Å². The minimum Gasteiger partial charge on any atom is -0.386 e. The summed E-state index contributed by atoms with van der Waals surface area (Å²) in [6.07, 6.45) is 4.45. The van der Waals surface area contributed by atoms with Gasteiger partial charge in [0.05, 0.1) is 5.82 Å². The summed E-state index contributed by atoms with van der Waals surface area (Å²) in [6, 6.07) is 0. The van der Waals surface area contributed by atoms with Crippen molar-refractivity contribution >= 4 is 0 Å². The van der Waals surface area contributed by atoms with Crippen LogP contribution in [0.25, 0.3) is 0 Å². The molecule has 0 aliphatic rings. The van der Waals surface area contributed by atoms with Crippen molar-refractivity contribution in [1.82, 2.24) is 4.90 Å². The van der Waals surface area contributed by atoms with Crippen LogP contribution in [0.5, 0.6) is 0 Å². The van der Waals surface area contributed by atoms with Crippen molar-refractivity contribution in [1.29, 1.82) is 0 Å². The van der Waals surface area contributed by atoms with E-state index in [2.05, 4.69) is 26.8 Å². The molecule has 0 fully saturated rings. The Morgan fingerprint density at radius 2 is 1.85 bits per heavy atom. The summed E-state index contributed by atoms with van der Waals surface area (Å²) in [5.74, 6) is 2.38. The summed E-state index contributed by atoms with van der Waals surface area (Å²) < 4.78 is 0. The summed E-state index contributed by atoms with van der Waals surface area (Å²) in [6.45, 7) is 6.82. The zero-order valence-corrected chi connectivity index (χ0v) is 9.67. The van der Waals surface area contributed by atoms with Crippen molar-refractivity contribution in [3.63, 3.8) is 0 Å². The first-order valence-corrected chi connectivity index (χ1v) is 5.12. The average Bonchev–Trinajstić information content (AvgIpc) is 2.11. The molecule has 0 saturated carbocycles. The minimum atomic E-state index is 0.725. The number of hydrogen-bond donors (Lipinski definition) is 1. The normalized spacial score (nSPS) is 16.8. The Morgan fingerprint density at radius 1 is 1.31 bits per heavy atom. The van der Waals surface area contributed by atoms with Gasteiger partial charge in [-0.1, -0.05) is 27.2 Å². The summed E-state index contributed by atoms with van der Waals surface area (Å²) in [5.41, 5.74) is 5.79. The largest absolute Gasteiger partial charge is 0.386 e. The molecule has 0 aromatic carbocycles. The lowest BCUT2D eigenvalue weighted by Crippen LogP contribution is -2.19. The number of allylic oxidation sites excluding steroid dienone is 1. The molecule has 0 aromatic rings. The zero-order chi connectivity index (χ0) is 10.4. The molecule has 78 valence electrons. The van der Waals surface area contributed by atoms with Gasteiger partial charge in [0, 0.05) is 14.1 Å². The van der Waals surface area contributed by atoms with Crippen LogP contribution in [-0.4, -0.2) is 19.0 Å². The Morgan fingerprint density at radius 3 is 2.23 bits per heavy atom. The van der Waals surface area contributed by atoms with Crippen LogP contribution < -0.4 is 5.73 Å². The van der Waals surface area contributed by atoms with Crippen LogP contribution in [0.3, 0.4) is 0 Å². The van der Waals surface area contributed by atoms with Gasteiger partial charge >= 0.3 is 0 Å². The number of nitrogens with two attached hydrogens (primary N) is 1. The van der Waals surface area contributed by atoms with E-state index in [1.807, 2.05) is 19.0 Å². The van der Waals surface area contributed by atoms with Gasteiger partial charge < -0.3 is 10.6 Å². The molecular weight excluding hydrogens is 160 g/mol. The number of rotatable bonds is 5. The van der Waals surface area contributed by atoms with Crippen molar-refractivity contribution in [3.8, 4) is 0 Å². The molecule has 2 heteroatoms. The fourth-order valence-corrected chi connectivity index (χ4v) is 1.12. The van der Waals surface area contributed by atoms with Crippen LogP contribution >= 0.6 is 0 Å². The van der Waals surface area contributed by atoms with Crippen molar-refractivity contribution in [3.05, 3.63) is 11.9 Å². The van der Waals surface area contributed by atoms with Gasteiger partial charge in [-0.15, -0.1) is 0 Å². The molecule has 0 aromatic heterocycles. The van der Waals surface area contributed by atoms with E-state index in [4.69, 9.17) is 5.73 Å². The van der Waals surface area contributed by atoms with Gasteiger partial charge in [0.25, 0.3) is 0 Å². The van der Waals surface area contributed by atoms with Gasteiger partial charge in [-0.2, -0.15) is 0 Å². The molecule has 0 spiro atoms. The quantitative estimate of drug-likeness (QED) is 0.711. The third-order valence-corrected chi connectivity index (χ3v) is 2.83. The summed E-state index contributed by atoms with van der Waals surface area (Å²) in [5, 5.41) is 0. The lowest BCUT2D eigenvalue weighted by atomic mass is 9.91. The lowest BCUT2D eigenvalue weighted by Gasteiger charge is -2.18. The molecule has 0 radical (unpaired) electrons. The van der Waals surface area contributed by atoms with Crippen LogP contribution in [-0.2, 0) is 0 Å². The molecule has 13 heavy (non-hydrogen) atoms. The van der Waals surface area contributed by atoms with Gasteiger partial charge in [-0.3, -0.25) is 0 Å². The Hall–Kier alpha value is -0.660. The molecule has 0 heterocycles. The van der Waals surface area contributed by atoms with Crippen LogP contribution in [0.2, 0.25) is 0 Å². The predicted octanol–water partition coefficient (Wildman–Crippen LogP) is 2.42. The zero-order valence-electron chi connectivity index (χ0n) is 9.67. The summed E-state index contributed by atoms with van der Waals surface area (Å²) >= 11 is 0. The van der Waals surface area contributed by atoms with Crippen LogP contribution in [0, 0.1) is 11.8 Å². The molecule has 0 rings (SSSR count). The monoisotopic (exact) mass is 184 g/mol. The van der Waals surface area contributed by atoms with Crippen LogP contribution in [0.15, 0.2) is 11.9 Å². The Balaban J connectivity index is 3.93. The summed E-state index contributed by atoms with van der Waals surface area (Å²) in [4.78, 5) is 1.95. The maximum atomic E-state index is 5.79. The smallest absolute Gasteiger partial charge is 0.0940 e. The third kappa shape index (κ3) is 4.81. The van der Waals surface area contributed by atoms with Crippen molar-refractivity contribution < 1.29 is 0 Å². The topological polar surface area (TPSA) is 29.3 Å². The molecule has 0 bridgehead atoms. The second-order valence-corrected chi connectivity index (χ2v) is 4.12. The highest BCUT2D eigenvalue weighted by Crippen LogP contribution is 2.18.